The van der Waals surface area contributed by atoms with Crippen LogP contribution in [-0.4, -0.2) is 19.0 Å². The van der Waals surface area contributed by atoms with E-state index in [0.717, 1.165) is 16.9 Å². The van der Waals surface area contributed by atoms with Gasteiger partial charge in [0, 0.05) is 11.3 Å². The van der Waals surface area contributed by atoms with Gasteiger partial charge < -0.3 is 10.1 Å². The number of esters is 1. The third-order valence-corrected chi connectivity index (χ3v) is 5.40. The fourth-order valence-electron chi connectivity index (χ4n) is 2.89. The second kappa shape index (κ2) is 7.07. The molecule has 1 fully saturated rings. The van der Waals surface area contributed by atoms with E-state index in [1.165, 1.54) is 44.1 Å². The molecule has 21 heavy (non-hydrogen) atoms. The molecule has 1 aliphatic carbocycles. The van der Waals surface area contributed by atoms with E-state index in [1.54, 1.807) is 0 Å². The van der Waals surface area contributed by atoms with Crippen molar-refractivity contribution in [2.45, 2.75) is 52.4 Å². The van der Waals surface area contributed by atoms with Gasteiger partial charge in [-0.25, -0.2) is 4.79 Å². The van der Waals surface area contributed by atoms with Crippen LogP contribution in [0.15, 0.2) is 0 Å². The Morgan fingerprint density at radius 1 is 1.29 bits per heavy atom. The van der Waals surface area contributed by atoms with Crippen molar-refractivity contribution in [1.29, 1.82) is 0 Å². The van der Waals surface area contributed by atoms with E-state index in [-0.39, 0.29) is 11.9 Å². The summed E-state index contributed by atoms with van der Waals surface area (Å²) in [6, 6.07) is 0. The number of methoxy groups -OCH3 is 1. The molecule has 5 heteroatoms. The van der Waals surface area contributed by atoms with Crippen LogP contribution in [0.25, 0.3) is 0 Å². The summed E-state index contributed by atoms with van der Waals surface area (Å²) in [5.41, 5.74) is 1.38. The van der Waals surface area contributed by atoms with Crippen molar-refractivity contribution in [3.8, 4) is 0 Å². The molecule has 0 spiro atoms. The number of amides is 1. The van der Waals surface area contributed by atoms with E-state index in [9.17, 15) is 9.59 Å². The molecule has 0 saturated heterocycles. The van der Waals surface area contributed by atoms with Gasteiger partial charge in [0.2, 0.25) is 5.91 Å². The maximum absolute atomic E-state index is 12.1. The first-order chi connectivity index (χ1) is 10.0. The zero-order valence-electron chi connectivity index (χ0n) is 13.0. The maximum atomic E-state index is 12.1. The van der Waals surface area contributed by atoms with Crippen molar-refractivity contribution >= 4 is 28.2 Å². The number of nitrogens with one attached hydrogen (secondary N) is 1. The fraction of sp³-hybridized carbons (Fsp3) is 0.625. The SMILES string of the molecule is COC(=O)c1c(NC(=O)CCC2CCCC2)sc(C)c1C. The van der Waals surface area contributed by atoms with Gasteiger partial charge in [0.1, 0.15) is 5.00 Å². The quantitative estimate of drug-likeness (QED) is 0.834. The molecule has 1 amide bonds. The van der Waals surface area contributed by atoms with Gasteiger partial charge in [0.15, 0.2) is 0 Å². The number of carbonyl (C=O) groups is 2. The number of hydrogen-bond acceptors (Lipinski definition) is 4. The summed E-state index contributed by atoms with van der Waals surface area (Å²) >= 11 is 1.44. The summed E-state index contributed by atoms with van der Waals surface area (Å²) in [6.07, 6.45) is 6.56. The second-order valence-electron chi connectivity index (χ2n) is 5.72. The second-order valence-corrected chi connectivity index (χ2v) is 6.94. The maximum Gasteiger partial charge on any atom is 0.341 e. The van der Waals surface area contributed by atoms with Crippen molar-refractivity contribution < 1.29 is 14.3 Å². The van der Waals surface area contributed by atoms with Crippen LogP contribution in [0, 0.1) is 19.8 Å². The molecule has 0 bridgehead atoms. The zero-order chi connectivity index (χ0) is 15.4. The van der Waals surface area contributed by atoms with Gasteiger partial charge in [-0.3, -0.25) is 4.79 Å². The Bertz CT molecular complexity index is 530. The molecule has 1 aromatic heterocycles. The Labute approximate surface area is 129 Å². The number of ether oxygens (including phenoxy) is 1. The highest BCUT2D eigenvalue weighted by Gasteiger charge is 2.22. The standard InChI is InChI=1S/C16H23NO3S/c1-10-11(2)21-15(14(10)16(19)20-3)17-13(18)9-8-12-6-4-5-7-12/h12H,4-9H2,1-3H3,(H,17,18). The van der Waals surface area contributed by atoms with E-state index >= 15 is 0 Å². The monoisotopic (exact) mass is 309 g/mol. The van der Waals surface area contributed by atoms with E-state index in [0.29, 0.717) is 22.9 Å². The van der Waals surface area contributed by atoms with Gasteiger partial charge >= 0.3 is 5.97 Å². The number of hydrogen-bond donors (Lipinski definition) is 1. The molecule has 0 aromatic carbocycles. The summed E-state index contributed by atoms with van der Waals surface area (Å²) in [4.78, 5) is 25.0. The molecular formula is C16H23NO3S. The number of rotatable bonds is 5. The predicted octanol–water partition coefficient (Wildman–Crippen LogP) is 4.06. The van der Waals surface area contributed by atoms with E-state index in [1.807, 2.05) is 13.8 Å². The molecule has 2 rings (SSSR count). The summed E-state index contributed by atoms with van der Waals surface area (Å²) < 4.78 is 4.81. The lowest BCUT2D eigenvalue weighted by atomic mass is 10.0. The summed E-state index contributed by atoms with van der Waals surface area (Å²) in [5.74, 6) is 0.305. The highest BCUT2D eigenvalue weighted by molar-refractivity contribution is 7.16. The van der Waals surface area contributed by atoms with E-state index < -0.39 is 0 Å². The average Bonchev–Trinajstić information content (AvgIpc) is 3.06. The van der Waals surface area contributed by atoms with Gasteiger partial charge in [-0.05, 0) is 31.7 Å². The molecule has 1 aliphatic rings. The smallest absolute Gasteiger partial charge is 0.341 e. The van der Waals surface area contributed by atoms with Crippen molar-refractivity contribution in [1.82, 2.24) is 0 Å². The predicted molar refractivity (Wildman–Crippen MR) is 85.0 cm³/mol. The minimum Gasteiger partial charge on any atom is -0.465 e. The normalized spacial score (nSPS) is 15.2. The molecule has 1 N–H and O–H groups in total. The largest absolute Gasteiger partial charge is 0.465 e. The topological polar surface area (TPSA) is 55.4 Å². The third kappa shape index (κ3) is 3.84. The minimum absolute atomic E-state index is 0.00620. The molecule has 0 aliphatic heterocycles. The summed E-state index contributed by atoms with van der Waals surface area (Å²) in [7, 11) is 1.36. The van der Waals surface area contributed by atoms with Crippen LogP contribution in [0.5, 0.6) is 0 Å². The van der Waals surface area contributed by atoms with Crippen molar-refractivity contribution in [2.24, 2.45) is 5.92 Å². The lowest BCUT2D eigenvalue weighted by molar-refractivity contribution is -0.116. The fourth-order valence-corrected chi connectivity index (χ4v) is 3.95. The molecule has 116 valence electrons. The van der Waals surface area contributed by atoms with Crippen molar-refractivity contribution in [3.63, 3.8) is 0 Å². The molecule has 0 unspecified atom stereocenters. The van der Waals surface area contributed by atoms with Crippen molar-refractivity contribution in [3.05, 3.63) is 16.0 Å². The van der Waals surface area contributed by atoms with Crippen LogP contribution < -0.4 is 5.32 Å². The highest BCUT2D eigenvalue weighted by Crippen LogP contribution is 2.33. The Kier molecular flexibility index (Phi) is 5.39. The summed E-state index contributed by atoms with van der Waals surface area (Å²) in [6.45, 7) is 3.83. The third-order valence-electron chi connectivity index (χ3n) is 4.28. The number of carbonyl (C=O) groups excluding carboxylic acids is 2. The molecule has 1 saturated carbocycles. The molecule has 0 atom stereocenters. The molecule has 4 nitrogen and oxygen atoms in total. The number of thiophene rings is 1. The lowest BCUT2D eigenvalue weighted by Crippen LogP contribution is -2.14. The number of anilines is 1. The Balaban J connectivity index is 1.99. The van der Waals surface area contributed by atoms with Crippen LogP contribution >= 0.6 is 11.3 Å². The van der Waals surface area contributed by atoms with Crippen LogP contribution in [0.1, 0.15) is 59.3 Å². The van der Waals surface area contributed by atoms with Gasteiger partial charge in [0.05, 0.1) is 12.7 Å². The van der Waals surface area contributed by atoms with Gasteiger partial charge in [0.25, 0.3) is 0 Å². The van der Waals surface area contributed by atoms with E-state index in [2.05, 4.69) is 5.32 Å². The summed E-state index contributed by atoms with van der Waals surface area (Å²) in [5, 5.41) is 3.51. The van der Waals surface area contributed by atoms with E-state index in [4.69, 9.17) is 4.74 Å². The highest BCUT2D eigenvalue weighted by atomic mass is 32.1. The minimum atomic E-state index is -0.386. The zero-order valence-corrected chi connectivity index (χ0v) is 13.8. The first-order valence-electron chi connectivity index (χ1n) is 7.51. The first kappa shape index (κ1) is 16.0. The molecule has 0 radical (unpaired) electrons. The molecule has 1 heterocycles. The van der Waals surface area contributed by atoms with Gasteiger partial charge in [-0.1, -0.05) is 25.7 Å². The molecule has 1 aromatic rings. The number of aryl methyl sites for hydroxylation is 1. The van der Waals surface area contributed by atoms with Crippen LogP contribution in [-0.2, 0) is 9.53 Å². The van der Waals surface area contributed by atoms with Gasteiger partial charge in [-0.2, -0.15) is 0 Å². The Morgan fingerprint density at radius 3 is 2.57 bits per heavy atom. The van der Waals surface area contributed by atoms with Crippen LogP contribution in [0.2, 0.25) is 0 Å². The Morgan fingerprint density at radius 2 is 1.95 bits per heavy atom. The van der Waals surface area contributed by atoms with Crippen LogP contribution in [0.4, 0.5) is 5.00 Å². The van der Waals surface area contributed by atoms with Crippen molar-refractivity contribution in [2.75, 3.05) is 12.4 Å². The van der Waals surface area contributed by atoms with Gasteiger partial charge in [-0.15, -0.1) is 11.3 Å². The lowest BCUT2D eigenvalue weighted by Gasteiger charge is -2.09. The van der Waals surface area contributed by atoms with Crippen LogP contribution in [0.3, 0.4) is 0 Å². The first-order valence-corrected chi connectivity index (χ1v) is 8.32. The molecular weight excluding hydrogens is 286 g/mol. The average molecular weight is 309 g/mol. The Hall–Kier alpha value is -1.36.